The zero-order valence-electron chi connectivity index (χ0n) is 18.6. The normalized spacial score (nSPS) is 38.5. The number of hydrogen-bond donors (Lipinski definition) is 1. The molecule has 2 amide bonds. The van der Waals surface area contributed by atoms with Gasteiger partial charge < -0.3 is 15.0 Å². The standard InChI is InChI=1S/C25H29FN2O4S/c26-19-3-1-18(2-4-19)25-6-5-22(30)28(25)20(14-33-25)23(31)32-13-21(29)27-24-10-15-7-16(11-24)9-17(8-15)12-24/h1-4,15-17,20H,5-14H2,(H,27,29)/t15?,16?,17?,20-,24?,25-/m1/s1. The Kier molecular flexibility index (Phi) is 5.02. The van der Waals surface area contributed by atoms with Gasteiger partial charge in [0, 0.05) is 17.7 Å². The second kappa shape index (κ2) is 7.72. The highest BCUT2D eigenvalue weighted by molar-refractivity contribution is 8.00. The fourth-order valence-corrected chi connectivity index (χ4v) is 9.29. The number of halogens is 1. The van der Waals surface area contributed by atoms with Crippen molar-refractivity contribution in [1.82, 2.24) is 10.2 Å². The monoisotopic (exact) mass is 472 g/mol. The topological polar surface area (TPSA) is 75.7 Å². The fraction of sp³-hybridized carbons (Fsp3) is 0.640. The van der Waals surface area contributed by atoms with Crippen LogP contribution in [0.15, 0.2) is 24.3 Å². The van der Waals surface area contributed by atoms with Crippen LogP contribution in [0.3, 0.4) is 0 Å². The molecule has 0 unspecified atom stereocenters. The molecule has 0 radical (unpaired) electrons. The third kappa shape index (κ3) is 3.56. The molecule has 4 bridgehead atoms. The predicted molar refractivity (Wildman–Crippen MR) is 120 cm³/mol. The van der Waals surface area contributed by atoms with Gasteiger partial charge in [0.05, 0.1) is 0 Å². The fourth-order valence-electron chi connectivity index (χ4n) is 7.66. The van der Waals surface area contributed by atoms with Crippen molar-refractivity contribution in [3.63, 3.8) is 0 Å². The Hall–Kier alpha value is -2.09. The van der Waals surface area contributed by atoms with Gasteiger partial charge in [0.2, 0.25) is 5.91 Å². The highest BCUT2D eigenvalue weighted by Crippen LogP contribution is 2.56. The minimum Gasteiger partial charge on any atom is -0.454 e. The van der Waals surface area contributed by atoms with Gasteiger partial charge in [0.15, 0.2) is 6.61 Å². The van der Waals surface area contributed by atoms with Crippen molar-refractivity contribution >= 4 is 29.5 Å². The molecular formula is C25H29FN2O4S. The van der Waals surface area contributed by atoms with Gasteiger partial charge in [0.1, 0.15) is 16.7 Å². The van der Waals surface area contributed by atoms with Gasteiger partial charge >= 0.3 is 5.97 Å². The SMILES string of the molecule is O=C(COC(=O)[C@H]1CS[C@@]2(c3ccc(F)cc3)CCC(=O)N12)NC12CC3CC(CC(C3)C1)C2. The lowest BCUT2D eigenvalue weighted by Crippen LogP contribution is -2.60. The van der Waals surface area contributed by atoms with Crippen molar-refractivity contribution in [3.8, 4) is 0 Å². The molecule has 1 N–H and O–H groups in total. The van der Waals surface area contributed by atoms with Crippen LogP contribution in [0.25, 0.3) is 0 Å². The summed E-state index contributed by atoms with van der Waals surface area (Å²) in [5, 5.41) is 3.23. The van der Waals surface area contributed by atoms with E-state index in [9.17, 15) is 18.8 Å². The van der Waals surface area contributed by atoms with Gasteiger partial charge in [-0.2, -0.15) is 0 Å². The summed E-state index contributed by atoms with van der Waals surface area (Å²) in [5.41, 5.74) is 0.694. The highest BCUT2D eigenvalue weighted by atomic mass is 32.2. The number of nitrogens with zero attached hydrogens (tertiary/aromatic N) is 1. The Morgan fingerprint density at radius 1 is 1.09 bits per heavy atom. The molecule has 1 aromatic carbocycles. The van der Waals surface area contributed by atoms with Crippen molar-refractivity contribution in [2.24, 2.45) is 17.8 Å². The first-order chi connectivity index (χ1) is 15.9. The number of carbonyl (C=O) groups excluding carboxylic acids is 3. The van der Waals surface area contributed by atoms with Crippen molar-refractivity contribution in [3.05, 3.63) is 35.6 Å². The molecule has 0 spiro atoms. The second-order valence-corrected chi connectivity index (χ2v) is 12.0. The Bertz CT molecular complexity index is 963. The van der Waals surface area contributed by atoms with Crippen molar-refractivity contribution in [1.29, 1.82) is 0 Å². The van der Waals surface area contributed by atoms with Gasteiger partial charge in [-0.3, -0.25) is 9.59 Å². The van der Waals surface area contributed by atoms with Crippen molar-refractivity contribution in [2.45, 2.75) is 67.8 Å². The average Bonchev–Trinajstić information content (AvgIpc) is 3.30. The molecule has 7 rings (SSSR count). The minimum absolute atomic E-state index is 0.107. The number of benzene rings is 1. The maximum atomic E-state index is 13.4. The van der Waals surface area contributed by atoms with Crippen LogP contribution in [0.4, 0.5) is 4.39 Å². The molecule has 2 saturated heterocycles. The van der Waals surface area contributed by atoms with Crippen molar-refractivity contribution in [2.75, 3.05) is 12.4 Å². The molecule has 6 fully saturated rings. The van der Waals surface area contributed by atoms with E-state index in [0.717, 1.165) is 42.6 Å². The smallest absolute Gasteiger partial charge is 0.330 e. The quantitative estimate of drug-likeness (QED) is 0.666. The molecule has 176 valence electrons. The molecule has 2 heterocycles. The predicted octanol–water partition coefficient (Wildman–Crippen LogP) is 3.34. The Labute approximate surface area is 197 Å². The maximum absolute atomic E-state index is 13.4. The van der Waals surface area contributed by atoms with E-state index in [-0.39, 0.29) is 29.8 Å². The lowest BCUT2D eigenvalue weighted by atomic mass is 9.53. The number of rotatable bonds is 5. The van der Waals surface area contributed by atoms with E-state index in [4.69, 9.17) is 4.74 Å². The molecule has 6 aliphatic rings. The molecule has 6 nitrogen and oxygen atoms in total. The van der Waals surface area contributed by atoms with Crippen LogP contribution in [0.5, 0.6) is 0 Å². The van der Waals surface area contributed by atoms with E-state index in [1.54, 1.807) is 17.0 Å². The van der Waals surface area contributed by atoms with E-state index in [2.05, 4.69) is 5.32 Å². The van der Waals surface area contributed by atoms with Gasteiger partial charge in [-0.1, -0.05) is 12.1 Å². The molecular weight excluding hydrogens is 443 g/mol. The number of hydrogen-bond acceptors (Lipinski definition) is 5. The van der Waals surface area contributed by atoms with Crippen LogP contribution in [0.2, 0.25) is 0 Å². The number of ether oxygens (including phenoxy) is 1. The van der Waals surface area contributed by atoms with Gasteiger partial charge in [0.25, 0.3) is 5.91 Å². The first kappa shape index (κ1) is 21.4. The zero-order valence-corrected chi connectivity index (χ0v) is 19.4. The molecule has 1 aromatic rings. The molecule has 4 aliphatic carbocycles. The second-order valence-electron chi connectivity index (χ2n) is 10.7. The summed E-state index contributed by atoms with van der Waals surface area (Å²) >= 11 is 1.52. The molecule has 33 heavy (non-hydrogen) atoms. The molecule has 8 heteroatoms. The Balaban J connectivity index is 1.10. The maximum Gasteiger partial charge on any atom is 0.330 e. The summed E-state index contributed by atoms with van der Waals surface area (Å²) in [6, 6.07) is 5.39. The van der Waals surface area contributed by atoms with Gasteiger partial charge in [-0.15, -0.1) is 11.8 Å². The van der Waals surface area contributed by atoms with Crippen LogP contribution >= 0.6 is 11.8 Å². The Morgan fingerprint density at radius 2 is 1.73 bits per heavy atom. The molecule has 0 aromatic heterocycles. The highest BCUT2D eigenvalue weighted by Gasteiger charge is 2.57. The third-order valence-corrected chi connectivity index (χ3v) is 10.1. The van der Waals surface area contributed by atoms with Crippen LogP contribution in [-0.4, -0.2) is 46.6 Å². The lowest BCUT2D eigenvalue weighted by Gasteiger charge is -2.56. The van der Waals surface area contributed by atoms with E-state index >= 15 is 0 Å². The van der Waals surface area contributed by atoms with Gasteiger partial charge in [-0.25, -0.2) is 9.18 Å². The number of thioether (sulfide) groups is 1. The summed E-state index contributed by atoms with van der Waals surface area (Å²) in [6.45, 7) is -0.312. The molecule has 2 atom stereocenters. The number of amides is 2. The number of esters is 1. The number of carbonyl (C=O) groups is 3. The lowest BCUT2D eigenvalue weighted by molar-refractivity contribution is -0.157. The number of nitrogens with one attached hydrogen (secondary N) is 1. The molecule has 2 aliphatic heterocycles. The number of fused-ring (bicyclic) bond motifs is 1. The summed E-state index contributed by atoms with van der Waals surface area (Å²) in [6.07, 6.45) is 7.91. The van der Waals surface area contributed by atoms with Crippen LogP contribution in [0, 0.1) is 23.6 Å². The van der Waals surface area contributed by atoms with E-state index in [1.807, 2.05) is 0 Å². The van der Waals surface area contributed by atoms with E-state index in [1.165, 1.54) is 43.2 Å². The van der Waals surface area contributed by atoms with Crippen LogP contribution in [0.1, 0.15) is 56.9 Å². The molecule has 4 saturated carbocycles. The summed E-state index contributed by atoms with van der Waals surface area (Å²) in [5.74, 6) is 1.33. The zero-order chi connectivity index (χ0) is 22.8. The minimum atomic E-state index is -0.734. The summed E-state index contributed by atoms with van der Waals surface area (Å²) in [7, 11) is 0. The average molecular weight is 473 g/mol. The largest absolute Gasteiger partial charge is 0.454 e. The summed E-state index contributed by atoms with van der Waals surface area (Å²) < 4.78 is 18.9. The van der Waals surface area contributed by atoms with Crippen LogP contribution in [-0.2, 0) is 24.0 Å². The van der Waals surface area contributed by atoms with Gasteiger partial charge in [-0.05, 0) is 80.4 Å². The third-order valence-electron chi connectivity index (χ3n) is 8.48. The summed E-state index contributed by atoms with van der Waals surface area (Å²) in [4.78, 5) is 39.4. The van der Waals surface area contributed by atoms with E-state index in [0.29, 0.717) is 18.6 Å². The Morgan fingerprint density at radius 3 is 2.36 bits per heavy atom. The first-order valence-corrected chi connectivity index (χ1v) is 13.0. The van der Waals surface area contributed by atoms with Crippen LogP contribution < -0.4 is 5.32 Å². The first-order valence-electron chi connectivity index (χ1n) is 12.1. The van der Waals surface area contributed by atoms with Crippen molar-refractivity contribution < 1.29 is 23.5 Å². The van der Waals surface area contributed by atoms with E-state index < -0.39 is 16.9 Å².